The van der Waals surface area contributed by atoms with Gasteiger partial charge in [-0.05, 0) is 48.1 Å². The Morgan fingerprint density at radius 3 is 2.64 bits per heavy atom. The summed E-state index contributed by atoms with van der Waals surface area (Å²) in [5.74, 6) is -0.205. The minimum absolute atomic E-state index is 0.00440. The Labute approximate surface area is 215 Å². The largest absolute Gasteiger partial charge is 0.342 e. The summed E-state index contributed by atoms with van der Waals surface area (Å²) < 4.78 is 0. The molecule has 0 saturated carbocycles. The Morgan fingerprint density at radius 1 is 1.06 bits per heavy atom. The van der Waals surface area contributed by atoms with E-state index in [4.69, 9.17) is 0 Å². The van der Waals surface area contributed by atoms with Crippen molar-refractivity contribution >= 4 is 34.7 Å². The highest BCUT2D eigenvalue weighted by Gasteiger charge is 2.41. The molecule has 36 heavy (non-hydrogen) atoms. The molecule has 7 nitrogen and oxygen atoms in total. The summed E-state index contributed by atoms with van der Waals surface area (Å²) in [6, 6.07) is 15.7. The van der Waals surface area contributed by atoms with Crippen molar-refractivity contribution in [3.05, 3.63) is 70.7 Å². The van der Waals surface area contributed by atoms with Crippen molar-refractivity contribution in [2.24, 2.45) is 0 Å². The molecular formula is C28H30N4O3S. The SMILES string of the molecule is CC(=O)N1CCC(=O)N2[C@H](CC[C@H]2C(=O)Nc2ccc(-c3ccccc3)cc2Cc2nccs2)CC1. The maximum atomic E-state index is 13.5. The fourth-order valence-electron chi connectivity index (χ4n) is 5.28. The molecule has 3 aromatic rings. The number of aromatic nitrogens is 1. The standard InChI is InChI=1S/C28H30N4O3S/c1-19(33)31-14-11-23-8-10-25(32(23)27(34)12-15-31)28(35)30-24-9-7-21(20-5-3-2-4-6-20)17-22(24)18-26-29-13-16-36-26/h2-7,9,13,16-17,23,25H,8,10-12,14-15,18H2,1H3,(H,30,35)/t23-,25+/m1/s1. The van der Waals surface area contributed by atoms with Crippen molar-refractivity contribution in [3.63, 3.8) is 0 Å². The molecule has 5 rings (SSSR count). The summed E-state index contributed by atoms with van der Waals surface area (Å²) >= 11 is 1.59. The second-order valence-corrected chi connectivity index (χ2v) is 10.4. The fourth-order valence-corrected chi connectivity index (χ4v) is 5.92. The lowest BCUT2D eigenvalue weighted by Gasteiger charge is -2.34. The van der Waals surface area contributed by atoms with Gasteiger partial charge in [0.25, 0.3) is 0 Å². The number of nitrogens with zero attached hydrogens (tertiary/aromatic N) is 3. The molecule has 1 aromatic heterocycles. The Bertz CT molecular complexity index is 1240. The molecule has 1 N–H and O–H groups in total. The van der Waals surface area contributed by atoms with Crippen LogP contribution in [0.4, 0.5) is 5.69 Å². The van der Waals surface area contributed by atoms with Crippen LogP contribution in [0, 0.1) is 0 Å². The summed E-state index contributed by atoms with van der Waals surface area (Å²) in [5, 5.41) is 6.07. The molecule has 8 heteroatoms. The van der Waals surface area contributed by atoms with Crippen LogP contribution in [-0.4, -0.2) is 57.7 Å². The maximum absolute atomic E-state index is 13.5. The van der Waals surface area contributed by atoms with Gasteiger partial charge in [0, 0.05) is 56.2 Å². The van der Waals surface area contributed by atoms with E-state index in [9.17, 15) is 14.4 Å². The molecule has 2 aliphatic heterocycles. The average molecular weight is 503 g/mol. The summed E-state index contributed by atoms with van der Waals surface area (Å²) in [6.07, 6.45) is 4.77. The van der Waals surface area contributed by atoms with Crippen LogP contribution >= 0.6 is 11.3 Å². The van der Waals surface area contributed by atoms with Gasteiger partial charge in [-0.3, -0.25) is 14.4 Å². The summed E-state index contributed by atoms with van der Waals surface area (Å²) in [7, 11) is 0. The third-order valence-corrected chi connectivity index (χ3v) is 7.94. The van der Waals surface area contributed by atoms with Gasteiger partial charge >= 0.3 is 0 Å². The first-order chi connectivity index (χ1) is 17.5. The van der Waals surface area contributed by atoms with Crippen LogP contribution in [0.2, 0.25) is 0 Å². The highest BCUT2D eigenvalue weighted by Crippen LogP contribution is 2.32. The van der Waals surface area contributed by atoms with Crippen molar-refractivity contribution in [1.29, 1.82) is 0 Å². The molecule has 2 saturated heterocycles. The van der Waals surface area contributed by atoms with E-state index >= 15 is 0 Å². The first kappa shape index (κ1) is 24.2. The predicted octanol–water partition coefficient (Wildman–Crippen LogP) is 4.34. The zero-order chi connectivity index (χ0) is 25.1. The molecule has 2 fully saturated rings. The van der Waals surface area contributed by atoms with Gasteiger partial charge in [0.15, 0.2) is 0 Å². The number of carbonyl (C=O) groups is 3. The average Bonchev–Trinajstić information content (AvgIpc) is 3.54. The van der Waals surface area contributed by atoms with Gasteiger partial charge in [-0.1, -0.05) is 36.4 Å². The Hall–Kier alpha value is -3.52. The predicted molar refractivity (Wildman–Crippen MR) is 141 cm³/mol. The lowest BCUT2D eigenvalue weighted by molar-refractivity contribution is -0.141. The van der Waals surface area contributed by atoms with Crippen LogP contribution in [-0.2, 0) is 20.8 Å². The van der Waals surface area contributed by atoms with Gasteiger partial charge in [-0.25, -0.2) is 4.98 Å². The third kappa shape index (κ3) is 5.18. The number of thiazole rings is 1. The van der Waals surface area contributed by atoms with Gasteiger partial charge in [-0.15, -0.1) is 11.3 Å². The topological polar surface area (TPSA) is 82.6 Å². The molecule has 0 bridgehead atoms. The Kier molecular flexibility index (Phi) is 7.13. The molecule has 186 valence electrons. The number of fused-ring (bicyclic) bond motifs is 1. The van der Waals surface area contributed by atoms with E-state index in [0.717, 1.165) is 33.8 Å². The quantitative estimate of drug-likeness (QED) is 0.563. The number of anilines is 1. The van der Waals surface area contributed by atoms with Gasteiger partial charge in [0.05, 0.1) is 5.01 Å². The van der Waals surface area contributed by atoms with Crippen LogP contribution in [0.15, 0.2) is 60.1 Å². The second kappa shape index (κ2) is 10.6. The van der Waals surface area contributed by atoms with Crippen LogP contribution in [0.3, 0.4) is 0 Å². The van der Waals surface area contributed by atoms with Crippen LogP contribution in [0.1, 0.15) is 43.2 Å². The van der Waals surface area contributed by atoms with Gasteiger partial charge < -0.3 is 15.1 Å². The highest BCUT2D eigenvalue weighted by atomic mass is 32.1. The van der Waals surface area contributed by atoms with E-state index < -0.39 is 6.04 Å². The van der Waals surface area contributed by atoms with Gasteiger partial charge in [0.1, 0.15) is 6.04 Å². The molecule has 2 aliphatic rings. The maximum Gasteiger partial charge on any atom is 0.247 e. The minimum Gasteiger partial charge on any atom is -0.342 e. The summed E-state index contributed by atoms with van der Waals surface area (Å²) in [6.45, 7) is 2.57. The third-order valence-electron chi connectivity index (χ3n) is 7.16. The zero-order valence-electron chi connectivity index (χ0n) is 20.4. The number of hydrogen-bond donors (Lipinski definition) is 1. The van der Waals surface area contributed by atoms with E-state index in [1.54, 1.807) is 34.3 Å². The number of nitrogens with one attached hydrogen (secondary N) is 1. The lowest BCUT2D eigenvalue weighted by atomic mass is 10.00. The van der Waals surface area contributed by atoms with E-state index in [0.29, 0.717) is 32.4 Å². The molecular weight excluding hydrogens is 472 g/mol. The molecule has 3 amide bonds. The lowest BCUT2D eigenvalue weighted by Crippen LogP contribution is -2.50. The van der Waals surface area contributed by atoms with Crippen LogP contribution < -0.4 is 5.32 Å². The summed E-state index contributed by atoms with van der Waals surface area (Å²) in [4.78, 5) is 46.4. The molecule has 0 spiro atoms. The number of amides is 3. The van der Waals surface area contributed by atoms with E-state index in [-0.39, 0.29) is 30.2 Å². The van der Waals surface area contributed by atoms with Crippen LogP contribution in [0.25, 0.3) is 11.1 Å². The van der Waals surface area contributed by atoms with Crippen LogP contribution in [0.5, 0.6) is 0 Å². The number of hydrogen-bond acceptors (Lipinski definition) is 5. The minimum atomic E-state index is -0.493. The van der Waals surface area contributed by atoms with E-state index in [1.807, 2.05) is 35.7 Å². The van der Waals surface area contributed by atoms with Crippen molar-refractivity contribution in [2.75, 3.05) is 18.4 Å². The molecule has 3 heterocycles. The number of carbonyl (C=O) groups excluding carboxylic acids is 3. The molecule has 2 aromatic carbocycles. The van der Waals surface area contributed by atoms with Crippen molar-refractivity contribution < 1.29 is 14.4 Å². The number of rotatable bonds is 5. The van der Waals surface area contributed by atoms with Crippen molar-refractivity contribution in [1.82, 2.24) is 14.8 Å². The Morgan fingerprint density at radius 2 is 1.89 bits per heavy atom. The Balaban J connectivity index is 1.37. The fraction of sp³-hybridized carbons (Fsp3) is 0.357. The van der Waals surface area contributed by atoms with E-state index in [1.165, 1.54) is 0 Å². The summed E-state index contributed by atoms with van der Waals surface area (Å²) in [5.41, 5.74) is 3.93. The molecule has 2 atom stereocenters. The normalized spacial score (nSPS) is 20.0. The smallest absolute Gasteiger partial charge is 0.247 e. The molecule has 0 radical (unpaired) electrons. The first-order valence-corrected chi connectivity index (χ1v) is 13.3. The number of benzene rings is 2. The first-order valence-electron chi connectivity index (χ1n) is 12.4. The zero-order valence-corrected chi connectivity index (χ0v) is 21.2. The van der Waals surface area contributed by atoms with Crippen molar-refractivity contribution in [2.45, 2.75) is 51.1 Å². The molecule has 0 aliphatic carbocycles. The molecule has 0 unspecified atom stereocenters. The van der Waals surface area contributed by atoms with Gasteiger partial charge in [0.2, 0.25) is 17.7 Å². The van der Waals surface area contributed by atoms with Gasteiger partial charge in [-0.2, -0.15) is 0 Å². The highest BCUT2D eigenvalue weighted by molar-refractivity contribution is 7.09. The monoisotopic (exact) mass is 502 g/mol. The second-order valence-electron chi connectivity index (χ2n) is 9.42. The van der Waals surface area contributed by atoms with Crippen molar-refractivity contribution in [3.8, 4) is 11.1 Å². The van der Waals surface area contributed by atoms with E-state index in [2.05, 4.69) is 28.5 Å².